The van der Waals surface area contributed by atoms with Gasteiger partial charge in [0.05, 0.1) is 13.2 Å². The van der Waals surface area contributed by atoms with Gasteiger partial charge in [-0.2, -0.15) is 0 Å². The minimum absolute atomic E-state index is 0.349. The summed E-state index contributed by atoms with van der Waals surface area (Å²) in [6.45, 7) is 9.01. The number of H-pyrrole nitrogens is 1. The van der Waals surface area contributed by atoms with Crippen molar-refractivity contribution >= 4 is 22.6 Å². The number of hydrogen-bond donors (Lipinski definition) is 1. The lowest BCUT2D eigenvalue weighted by atomic mass is 10.2. The van der Waals surface area contributed by atoms with Crippen LogP contribution < -0.4 is 0 Å². The van der Waals surface area contributed by atoms with Crippen molar-refractivity contribution in [3.05, 3.63) is 41.4 Å². The summed E-state index contributed by atoms with van der Waals surface area (Å²) in [7, 11) is 0. The number of ether oxygens (including phenoxy) is 1. The molecule has 1 heterocycles. The maximum Gasteiger partial charge on any atom is 0.354 e. The molecule has 0 aliphatic heterocycles. The third kappa shape index (κ3) is 1.75. The Labute approximate surface area is 92.7 Å². The van der Waals surface area contributed by atoms with Gasteiger partial charge >= 0.3 is 5.97 Å². The first kappa shape index (κ1) is 10.2. The van der Waals surface area contributed by atoms with E-state index in [4.69, 9.17) is 11.3 Å². The number of aromatic nitrogens is 1. The number of carbonyl (C=O) groups is 1. The molecule has 0 bridgehead atoms. The first-order valence-corrected chi connectivity index (χ1v) is 4.92. The fourth-order valence-corrected chi connectivity index (χ4v) is 1.51. The van der Waals surface area contributed by atoms with Crippen molar-refractivity contribution in [1.29, 1.82) is 0 Å². The molecular formula is C12H10N2O2. The highest BCUT2D eigenvalue weighted by atomic mass is 16.5. The van der Waals surface area contributed by atoms with Crippen LogP contribution in [0, 0.1) is 6.57 Å². The van der Waals surface area contributed by atoms with E-state index in [9.17, 15) is 4.79 Å². The highest BCUT2D eigenvalue weighted by Gasteiger charge is 2.10. The van der Waals surface area contributed by atoms with Gasteiger partial charge in [0.25, 0.3) is 0 Å². The molecule has 16 heavy (non-hydrogen) atoms. The van der Waals surface area contributed by atoms with Crippen molar-refractivity contribution in [3.63, 3.8) is 0 Å². The topological polar surface area (TPSA) is 46.5 Å². The van der Waals surface area contributed by atoms with Crippen LogP contribution in [-0.2, 0) is 4.74 Å². The highest BCUT2D eigenvalue weighted by molar-refractivity contribution is 5.95. The van der Waals surface area contributed by atoms with Gasteiger partial charge in [-0.1, -0.05) is 6.07 Å². The number of benzene rings is 1. The summed E-state index contributed by atoms with van der Waals surface area (Å²) >= 11 is 0. The Morgan fingerprint density at radius 2 is 2.31 bits per heavy atom. The molecule has 0 saturated heterocycles. The molecule has 1 N–H and O–H groups in total. The fraction of sp³-hybridized carbons (Fsp3) is 0.167. The summed E-state index contributed by atoms with van der Waals surface area (Å²) in [4.78, 5) is 17.7. The number of aromatic amines is 1. The summed E-state index contributed by atoms with van der Waals surface area (Å²) in [6.07, 6.45) is 0. The second-order valence-electron chi connectivity index (χ2n) is 3.29. The van der Waals surface area contributed by atoms with Gasteiger partial charge < -0.3 is 9.72 Å². The van der Waals surface area contributed by atoms with E-state index < -0.39 is 0 Å². The standard InChI is InChI=1S/C12H10N2O2/c1-3-16-12(15)11-7-8-6-9(13-2)4-5-10(8)14-11/h4-7,14H,3H2,1H3. The van der Waals surface area contributed by atoms with Crippen molar-refractivity contribution in [2.24, 2.45) is 0 Å². The Kier molecular flexibility index (Phi) is 2.61. The zero-order valence-electron chi connectivity index (χ0n) is 8.78. The molecule has 4 heteroatoms. The second kappa shape index (κ2) is 4.07. The molecule has 0 spiro atoms. The molecule has 2 rings (SSSR count). The molecule has 0 aliphatic carbocycles. The van der Waals surface area contributed by atoms with Gasteiger partial charge in [0.2, 0.25) is 0 Å². The van der Waals surface area contributed by atoms with E-state index in [1.165, 1.54) is 0 Å². The zero-order chi connectivity index (χ0) is 11.5. The quantitative estimate of drug-likeness (QED) is 0.617. The Hall–Kier alpha value is -2.28. The van der Waals surface area contributed by atoms with Crippen LogP contribution in [0.4, 0.5) is 5.69 Å². The van der Waals surface area contributed by atoms with Crippen LogP contribution in [0.15, 0.2) is 24.3 Å². The Morgan fingerprint density at radius 3 is 3.00 bits per heavy atom. The van der Waals surface area contributed by atoms with E-state index in [2.05, 4.69) is 9.83 Å². The predicted molar refractivity (Wildman–Crippen MR) is 60.5 cm³/mol. The predicted octanol–water partition coefficient (Wildman–Crippen LogP) is 2.90. The van der Waals surface area contributed by atoms with E-state index in [0.717, 1.165) is 10.9 Å². The number of nitrogens with one attached hydrogen (secondary N) is 1. The average molecular weight is 214 g/mol. The van der Waals surface area contributed by atoms with Crippen LogP contribution in [0.1, 0.15) is 17.4 Å². The number of nitrogens with zero attached hydrogens (tertiary/aromatic N) is 1. The summed E-state index contributed by atoms with van der Waals surface area (Å²) in [5.74, 6) is -0.372. The van der Waals surface area contributed by atoms with Crippen LogP contribution in [0.5, 0.6) is 0 Å². The number of carbonyl (C=O) groups excluding carboxylic acids is 1. The molecule has 2 aromatic rings. The second-order valence-corrected chi connectivity index (χ2v) is 3.29. The van der Waals surface area contributed by atoms with Crippen LogP contribution in [0.25, 0.3) is 15.7 Å². The molecule has 4 nitrogen and oxygen atoms in total. The minimum atomic E-state index is -0.372. The third-order valence-electron chi connectivity index (χ3n) is 2.23. The molecule has 0 aliphatic rings. The van der Waals surface area contributed by atoms with Crippen LogP contribution >= 0.6 is 0 Å². The molecule has 0 atom stereocenters. The molecule has 0 unspecified atom stereocenters. The lowest BCUT2D eigenvalue weighted by Crippen LogP contribution is -2.04. The lowest BCUT2D eigenvalue weighted by Gasteiger charge is -1.96. The van der Waals surface area contributed by atoms with E-state index in [-0.39, 0.29) is 5.97 Å². The molecule has 0 saturated carbocycles. The normalized spacial score (nSPS) is 10.0. The van der Waals surface area contributed by atoms with Crippen molar-refractivity contribution in [2.45, 2.75) is 6.92 Å². The van der Waals surface area contributed by atoms with Gasteiger partial charge in [0, 0.05) is 5.52 Å². The number of fused-ring (bicyclic) bond motifs is 1. The maximum atomic E-state index is 11.5. The molecule has 1 aromatic carbocycles. The van der Waals surface area contributed by atoms with Gasteiger partial charge in [-0.25, -0.2) is 9.64 Å². The molecule has 0 fully saturated rings. The summed E-state index contributed by atoms with van der Waals surface area (Å²) in [6, 6.07) is 6.93. The van der Waals surface area contributed by atoms with Gasteiger partial charge in [0.1, 0.15) is 5.69 Å². The Balaban J connectivity index is 2.44. The fourth-order valence-electron chi connectivity index (χ4n) is 1.51. The van der Waals surface area contributed by atoms with Crippen molar-refractivity contribution in [1.82, 2.24) is 4.98 Å². The number of hydrogen-bond acceptors (Lipinski definition) is 2. The van der Waals surface area contributed by atoms with Crippen LogP contribution in [0.2, 0.25) is 0 Å². The summed E-state index contributed by atoms with van der Waals surface area (Å²) in [5, 5.41) is 0.844. The number of rotatable bonds is 2. The van der Waals surface area contributed by atoms with Crippen LogP contribution in [0.3, 0.4) is 0 Å². The van der Waals surface area contributed by atoms with E-state index >= 15 is 0 Å². The first-order valence-electron chi connectivity index (χ1n) is 4.92. The Morgan fingerprint density at radius 1 is 1.50 bits per heavy atom. The van der Waals surface area contributed by atoms with E-state index in [1.54, 1.807) is 31.2 Å². The molecule has 0 amide bonds. The van der Waals surface area contributed by atoms with Gasteiger partial charge in [-0.15, -0.1) is 0 Å². The molecule has 1 aromatic heterocycles. The van der Waals surface area contributed by atoms with Crippen molar-refractivity contribution in [2.75, 3.05) is 6.61 Å². The highest BCUT2D eigenvalue weighted by Crippen LogP contribution is 2.22. The molecule has 80 valence electrons. The van der Waals surface area contributed by atoms with Crippen LogP contribution in [-0.4, -0.2) is 17.6 Å². The first-order chi connectivity index (χ1) is 7.74. The van der Waals surface area contributed by atoms with Crippen molar-refractivity contribution < 1.29 is 9.53 Å². The van der Waals surface area contributed by atoms with E-state index in [1.807, 2.05) is 0 Å². The molecular weight excluding hydrogens is 204 g/mol. The Bertz CT molecular complexity index is 578. The minimum Gasteiger partial charge on any atom is -0.461 e. The maximum absolute atomic E-state index is 11.5. The van der Waals surface area contributed by atoms with Gasteiger partial charge in [0.15, 0.2) is 5.69 Å². The third-order valence-corrected chi connectivity index (χ3v) is 2.23. The smallest absolute Gasteiger partial charge is 0.354 e. The molecule has 0 radical (unpaired) electrons. The lowest BCUT2D eigenvalue weighted by molar-refractivity contribution is 0.0520. The largest absolute Gasteiger partial charge is 0.461 e. The zero-order valence-corrected chi connectivity index (χ0v) is 8.78. The average Bonchev–Trinajstić information content (AvgIpc) is 2.71. The monoisotopic (exact) mass is 214 g/mol. The van der Waals surface area contributed by atoms with Gasteiger partial charge in [-0.3, -0.25) is 0 Å². The van der Waals surface area contributed by atoms with Crippen molar-refractivity contribution in [3.8, 4) is 0 Å². The number of esters is 1. The van der Waals surface area contributed by atoms with Gasteiger partial charge in [-0.05, 0) is 30.5 Å². The summed E-state index contributed by atoms with van der Waals surface area (Å²) in [5.41, 5.74) is 1.80. The summed E-state index contributed by atoms with van der Waals surface area (Å²) < 4.78 is 4.88. The SMILES string of the molecule is [C-]#[N+]c1ccc2[nH]c(C(=O)OCC)cc2c1. The van der Waals surface area contributed by atoms with E-state index in [0.29, 0.717) is 18.0 Å².